The van der Waals surface area contributed by atoms with E-state index in [1.165, 1.54) is 24.2 Å². The fourth-order valence-corrected chi connectivity index (χ4v) is 4.95. The molecule has 1 aliphatic carbocycles. The number of para-hydroxylation sites is 2. The van der Waals surface area contributed by atoms with Crippen molar-refractivity contribution >= 4 is 28.1 Å². The Morgan fingerprint density at radius 3 is 2.36 bits per heavy atom. The van der Waals surface area contributed by atoms with Gasteiger partial charge in [-0.3, -0.25) is 0 Å². The number of methoxy groups -OCH3 is 1. The molecular weight excluding hydrogens is 414 g/mol. The van der Waals surface area contributed by atoms with Gasteiger partial charge in [-0.15, -0.1) is 0 Å². The monoisotopic (exact) mass is 445 g/mol. The van der Waals surface area contributed by atoms with Crippen molar-refractivity contribution in [2.45, 2.75) is 18.8 Å². The summed E-state index contributed by atoms with van der Waals surface area (Å²) in [5.41, 5.74) is 3.47. The summed E-state index contributed by atoms with van der Waals surface area (Å²) in [6.07, 6.45) is 2.41. The topological polar surface area (TPSA) is 54.0 Å². The highest BCUT2D eigenvalue weighted by Crippen LogP contribution is 2.40. The quantitative estimate of drug-likeness (QED) is 0.594. The number of benzene rings is 2. The fourth-order valence-electron chi connectivity index (χ4n) is 4.95. The molecule has 172 valence electrons. The second-order valence-corrected chi connectivity index (χ2v) is 9.13. The average molecular weight is 446 g/mol. The number of fused-ring (bicyclic) bond motifs is 1. The molecule has 2 aromatic carbocycles. The smallest absolute Gasteiger partial charge is 0.142 e. The number of anilines is 3. The number of rotatable bonds is 5. The Morgan fingerprint density at radius 2 is 1.61 bits per heavy atom. The van der Waals surface area contributed by atoms with Crippen molar-refractivity contribution in [3.63, 3.8) is 0 Å². The van der Waals surface area contributed by atoms with Crippen molar-refractivity contribution in [3.8, 4) is 5.75 Å². The molecule has 2 aliphatic heterocycles. The third kappa shape index (κ3) is 4.06. The first-order chi connectivity index (χ1) is 16.3. The summed E-state index contributed by atoms with van der Waals surface area (Å²) in [6, 6.07) is 15.0. The molecule has 0 bridgehead atoms. The lowest BCUT2D eigenvalue weighted by atomic mass is 10.1. The largest absolute Gasteiger partial charge is 0.495 e. The van der Waals surface area contributed by atoms with E-state index in [-0.39, 0.29) is 0 Å². The molecule has 6 rings (SSSR count). The van der Waals surface area contributed by atoms with Crippen LogP contribution in [-0.2, 0) is 4.74 Å². The van der Waals surface area contributed by atoms with E-state index in [9.17, 15) is 0 Å². The Bertz CT molecular complexity index is 1130. The van der Waals surface area contributed by atoms with Gasteiger partial charge in [0.25, 0.3) is 0 Å². The van der Waals surface area contributed by atoms with Gasteiger partial charge in [0.15, 0.2) is 0 Å². The Labute approximate surface area is 194 Å². The van der Waals surface area contributed by atoms with Crippen LogP contribution in [0.4, 0.5) is 17.2 Å². The van der Waals surface area contributed by atoms with Crippen LogP contribution in [0.25, 0.3) is 10.9 Å². The van der Waals surface area contributed by atoms with Crippen LogP contribution in [0.3, 0.4) is 0 Å². The summed E-state index contributed by atoms with van der Waals surface area (Å²) in [4.78, 5) is 17.4. The number of hydrogen-bond acceptors (Lipinski definition) is 7. The van der Waals surface area contributed by atoms with Crippen molar-refractivity contribution in [1.29, 1.82) is 0 Å². The van der Waals surface area contributed by atoms with Crippen LogP contribution < -0.4 is 19.4 Å². The Hall–Kier alpha value is -3.06. The van der Waals surface area contributed by atoms with Gasteiger partial charge in [-0.05, 0) is 43.2 Å². The molecule has 0 unspecified atom stereocenters. The van der Waals surface area contributed by atoms with Gasteiger partial charge >= 0.3 is 0 Å². The van der Waals surface area contributed by atoms with Gasteiger partial charge in [0.05, 0.1) is 31.5 Å². The van der Waals surface area contributed by atoms with Crippen LogP contribution >= 0.6 is 0 Å². The van der Waals surface area contributed by atoms with E-state index >= 15 is 0 Å². The third-order valence-corrected chi connectivity index (χ3v) is 7.00. The van der Waals surface area contributed by atoms with Gasteiger partial charge in [0, 0.05) is 56.3 Å². The Kier molecular flexibility index (Phi) is 5.42. The SMILES string of the molecule is COc1ccccc1N1CCN(c2nc(C3CC3)nc3ccc(N4CCOCC4)cc23)CC1. The van der Waals surface area contributed by atoms with Crippen LogP contribution in [0.2, 0.25) is 0 Å². The first-order valence-electron chi connectivity index (χ1n) is 12.1. The highest BCUT2D eigenvalue weighted by molar-refractivity contribution is 5.92. The van der Waals surface area contributed by atoms with Crippen LogP contribution in [0.15, 0.2) is 42.5 Å². The van der Waals surface area contributed by atoms with E-state index in [1.807, 2.05) is 12.1 Å². The van der Waals surface area contributed by atoms with E-state index in [0.29, 0.717) is 5.92 Å². The van der Waals surface area contributed by atoms with Gasteiger partial charge in [0.2, 0.25) is 0 Å². The van der Waals surface area contributed by atoms with Crippen LogP contribution in [0.5, 0.6) is 5.75 Å². The number of aromatic nitrogens is 2. The molecule has 0 radical (unpaired) electrons. The van der Waals surface area contributed by atoms with Crippen LogP contribution in [0, 0.1) is 0 Å². The van der Waals surface area contributed by atoms with Crippen molar-refractivity contribution < 1.29 is 9.47 Å². The predicted molar refractivity (Wildman–Crippen MR) is 132 cm³/mol. The number of ether oxygens (including phenoxy) is 2. The number of hydrogen-bond donors (Lipinski definition) is 0. The molecule has 7 heteroatoms. The summed E-state index contributed by atoms with van der Waals surface area (Å²) in [7, 11) is 1.74. The maximum absolute atomic E-state index is 5.60. The minimum atomic E-state index is 0.530. The molecule has 3 fully saturated rings. The first kappa shape index (κ1) is 20.5. The van der Waals surface area contributed by atoms with Gasteiger partial charge in [-0.25, -0.2) is 9.97 Å². The summed E-state index contributed by atoms with van der Waals surface area (Å²) in [5, 5.41) is 1.16. The normalized spacial score (nSPS) is 19.2. The number of nitrogens with zero attached hydrogens (tertiary/aromatic N) is 5. The molecular formula is C26H31N5O2. The number of morpholine rings is 1. The molecule has 3 aliphatic rings. The van der Waals surface area contributed by atoms with Crippen molar-refractivity contribution in [1.82, 2.24) is 9.97 Å². The molecule has 3 aromatic rings. The fraction of sp³-hybridized carbons (Fsp3) is 0.462. The van der Waals surface area contributed by atoms with E-state index in [0.717, 1.165) is 80.8 Å². The lowest BCUT2D eigenvalue weighted by molar-refractivity contribution is 0.122. The second kappa shape index (κ2) is 8.71. The molecule has 1 saturated carbocycles. The summed E-state index contributed by atoms with van der Waals surface area (Å²) < 4.78 is 11.1. The minimum Gasteiger partial charge on any atom is -0.495 e. The lowest BCUT2D eigenvalue weighted by Gasteiger charge is -2.37. The van der Waals surface area contributed by atoms with Crippen LogP contribution in [0.1, 0.15) is 24.6 Å². The molecule has 1 aromatic heterocycles. The molecule has 0 atom stereocenters. The van der Waals surface area contributed by atoms with E-state index in [4.69, 9.17) is 19.4 Å². The molecule has 0 N–H and O–H groups in total. The van der Waals surface area contributed by atoms with Gasteiger partial charge in [-0.2, -0.15) is 0 Å². The second-order valence-electron chi connectivity index (χ2n) is 9.13. The van der Waals surface area contributed by atoms with E-state index in [2.05, 4.69) is 45.0 Å². The zero-order valence-corrected chi connectivity index (χ0v) is 19.2. The molecule has 0 amide bonds. The summed E-state index contributed by atoms with van der Waals surface area (Å²) >= 11 is 0. The van der Waals surface area contributed by atoms with Gasteiger partial charge in [0.1, 0.15) is 17.4 Å². The van der Waals surface area contributed by atoms with Crippen LogP contribution in [-0.4, -0.2) is 69.6 Å². The first-order valence-corrected chi connectivity index (χ1v) is 12.1. The van der Waals surface area contributed by atoms with Gasteiger partial charge in [-0.1, -0.05) is 12.1 Å². The highest BCUT2D eigenvalue weighted by Gasteiger charge is 2.29. The summed E-state index contributed by atoms with van der Waals surface area (Å²) in [6.45, 7) is 7.16. The zero-order chi connectivity index (χ0) is 22.2. The van der Waals surface area contributed by atoms with Crippen molar-refractivity contribution in [2.75, 3.05) is 74.3 Å². The Morgan fingerprint density at radius 1 is 0.848 bits per heavy atom. The molecule has 33 heavy (non-hydrogen) atoms. The maximum atomic E-state index is 5.60. The number of piperazine rings is 1. The van der Waals surface area contributed by atoms with Crippen molar-refractivity contribution in [3.05, 3.63) is 48.3 Å². The minimum absolute atomic E-state index is 0.530. The maximum Gasteiger partial charge on any atom is 0.142 e. The molecule has 0 spiro atoms. The standard InChI is InChI=1S/C26H31N5O2/c1-32-24-5-3-2-4-23(24)30-10-12-31(13-11-30)26-21-18-20(29-14-16-33-17-15-29)8-9-22(21)27-25(28-26)19-6-7-19/h2-5,8-9,18-19H,6-7,10-17H2,1H3. The molecule has 3 heterocycles. The average Bonchev–Trinajstić information content (AvgIpc) is 3.74. The van der Waals surface area contributed by atoms with E-state index in [1.54, 1.807) is 7.11 Å². The molecule has 7 nitrogen and oxygen atoms in total. The lowest BCUT2D eigenvalue weighted by Crippen LogP contribution is -2.47. The third-order valence-electron chi connectivity index (χ3n) is 7.00. The molecule has 2 saturated heterocycles. The Balaban J connectivity index is 1.31. The zero-order valence-electron chi connectivity index (χ0n) is 19.2. The predicted octanol–water partition coefficient (Wildman–Crippen LogP) is 3.68. The summed E-state index contributed by atoms with van der Waals surface area (Å²) in [5.74, 6) is 3.58. The highest BCUT2D eigenvalue weighted by atomic mass is 16.5. The van der Waals surface area contributed by atoms with E-state index < -0.39 is 0 Å². The van der Waals surface area contributed by atoms with Gasteiger partial charge < -0.3 is 24.2 Å². The van der Waals surface area contributed by atoms with Crippen molar-refractivity contribution in [2.24, 2.45) is 0 Å².